The Morgan fingerprint density at radius 1 is 0.968 bits per heavy atom. The van der Waals surface area contributed by atoms with Gasteiger partial charge in [0, 0.05) is 13.1 Å². The van der Waals surface area contributed by atoms with Crippen molar-refractivity contribution in [2.45, 2.75) is 39.8 Å². The second-order valence-electron chi connectivity index (χ2n) is 7.37. The first-order valence-electron chi connectivity index (χ1n) is 10.3. The van der Waals surface area contributed by atoms with E-state index in [0.717, 1.165) is 28.1 Å². The summed E-state index contributed by atoms with van der Waals surface area (Å²) in [5.74, 6) is -0.738. The topological polar surface area (TPSA) is 86.8 Å². The molecule has 0 unspecified atom stereocenters. The quantitative estimate of drug-likeness (QED) is 0.609. The molecular weight excluding hydrogens is 414 g/mol. The number of nitrogens with zero attached hydrogens (tertiary/aromatic N) is 2. The first-order valence-corrected chi connectivity index (χ1v) is 12.2. The van der Waals surface area contributed by atoms with Gasteiger partial charge < -0.3 is 10.2 Å². The fourth-order valence-electron chi connectivity index (χ4n) is 3.20. The molecule has 0 heterocycles. The molecule has 0 bridgehead atoms. The summed E-state index contributed by atoms with van der Waals surface area (Å²) in [6, 6.07) is 15.6. The van der Waals surface area contributed by atoms with E-state index in [-0.39, 0.29) is 19.0 Å². The number of sulfonamides is 1. The minimum Gasteiger partial charge on any atom is -0.355 e. The maximum absolute atomic E-state index is 13.3. The average molecular weight is 446 g/mol. The predicted octanol–water partition coefficient (Wildman–Crippen LogP) is 2.57. The Balaban J connectivity index is 2.34. The molecule has 0 spiro atoms. The molecule has 0 aromatic heterocycles. The lowest BCUT2D eigenvalue weighted by Crippen LogP contribution is -2.51. The maximum atomic E-state index is 13.3. The van der Waals surface area contributed by atoms with Crippen LogP contribution in [-0.2, 0) is 32.6 Å². The van der Waals surface area contributed by atoms with E-state index >= 15 is 0 Å². The van der Waals surface area contributed by atoms with Crippen LogP contribution in [0, 0.1) is 0 Å². The molecule has 0 aliphatic carbocycles. The second kappa shape index (κ2) is 10.9. The number of benzene rings is 2. The van der Waals surface area contributed by atoms with Crippen LogP contribution in [0.4, 0.5) is 5.69 Å². The molecule has 0 fully saturated rings. The zero-order valence-electron chi connectivity index (χ0n) is 18.5. The summed E-state index contributed by atoms with van der Waals surface area (Å²) in [5, 5.41) is 2.73. The molecule has 2 aromatic carbocycles. The standard InChI is InChI=1S/C23H31N3O4S/c1-5-19-12-14-21(15-13-19)26(31(4,29)30)17-22(27)25(18(3)23(28)24-6-2)16-20-10-8-7-9-11-20/h7-15,18H,5-6,16-17H2,1-4H3,(H,24,28)/t18-/m1/s1. The summed E-state index contributed by atoms with van der Waals surface area (Å²) >= 11 is 0. The van der Waals surface area contributed by atoms with Gasteiger partial charge in [0.1, 0.15) is 12.6 Å². The predicted molar refractivity (Wildman–Crippen MR) is 123 cm³/mol. The Kier molecular flexibility index (Phi) is 8.62. The van der Waals surface area contributed by atoms with E-state index in [1.54, 1.807) is 26.0 Å². The molecular formula is C23H31N3O4S. The molecule has 7 nitrogen and oxygen atoms in total. The van der Waals surface area contributed by atoms with Crippen molar-refractivity contribution in [1.29, 1.82) is 0 Å². The van der Waals surface area contributed by atoms with Crippen LogP contribution >= 0.6 is 0 Å². The van der Waals surface area contributed by atoms with E-state index in [1.807, 2.05) is 49.4 Å². The Morgan fingerprint density at radius 2 is 1.58 bits per heavy atom. The van der Waals surface area contributed by atoms with Gasteiger partial charge in [0.2, 0.25) is 21.8 Å². The van der Waals surface area contributed by atoms with E-state index in [4.69, 9.17) is 0 Å². The van der Waals surface area contributed by atoms with Crippen LogP contribution < -0.4 is 9.62 Å². The van der Waals surface area contributed by atoms with Crippen molar-refractivity contribution < 1.29 is 18.0 Å². The first kappa shape index (κ1) is 24.4. The third-order valence-electron chi connectivity index (χ3n) is 5.03. The SMILES string of the molecule is CCNC(=O)[C@@H](C)N(Cc1ccccc1)C(=O)CN(c1ccc(CC)cc1)S(C)(=O)=O. The van der Waals surface area contributed by atoms with Crippen LogP contribution in [0.2, 0.25) is 0 Å². The largest absolute Gasteiger partial charge is 0.355 e. The number of hydrogen-bond donors (Lipinski definition) is 1. The Labute approximate surface area is 185 Å². The summed E-state index contributed by atoms with van der Waals surface area (Å²) in [7, 11) is -3.71. The van der Waals surface area contributed by atoms with E-state index in [0.29, 0.717) is 12.2 Å². The molecule has 168 valence electrons. The van der Waals surface area contributed by atoms with Crippen LogP contribution in [-0.4, -0.2) is 50.5 Å². The van der Waals surface area contributed by atoms with E-state index in [2.05, 4.69) is 5.32 Å². The molecule has 2 rings (SSSR count). The van der Waals surface area contributed by atoms with Crippen molar-refractivity contribution in [3.8, 4) is 0 Å². The number of rotatable bonds is 10. The lowest BCUT2D eigenvalue weighted by molar-refractivity contribution is -0.139. The summed E-state index contributed by atoms with van der Waals surface area (Å²) in [5.41, 5.74) is 2.34. The van der Waals surface area contributed by atoms with Gasteiger partial charge in [-0.25, -0.2) is 8.42 Å². The number of carbonyl (C=O) groups excluding carboxylic acids is 2. The second-order valence-corrected chi connectivity index (χ2v) is 9.27. The number of likely N-dealkylation sites (N-methyl/N-ethyl adjacent to an activating group) is 1. The maximum Gasteiger partial charge on any atom is 0.244 e. The van der Waals surface area contributed by atoms with Crippen molar-refractivity contribution in [3.05, 3.63) is 65.7 Å². The van der Waals surface area contributed by atoms with Gasteiger partial charge in [-0.05, 0) is 43.5 Å². The lowest BCUT2D eigenvalue weighted by Gasteiger charge is -2.31. The highest BCUT2D eigenvalue weighted by atomic mass is 32.2. The van der Waals surface area contributed by atoms with Crippen LogP contribution in [0.25, 0.3) is 0 Å². The molecule has 0 aliphatic rings. The normalized spacial score (nSPS) is 12.1. The van der Waals surface area contributed by atoms with Gasteiger partial charge in [0.25, 0.3) is 0 Å². The highest BCUT2D eigenvalue weighted by Gasteiger charge is 2.29. The van der Waals surface area contributed by atoms with Crippen LogP contribution in [0.5, 0.6) is 0 Å². The molecule has 2 aromatic rings. The van der Waals surface area contributed by atoms with Crippen molar-refractivity contribution in [2.75, 3.05) is 23.7 Å². The summed E-state index contributed by atoms with van der Waals surface area (Å²) in [4.78, 5) is 27.2. The first-order chi connectivity index (χ1) is 14.7. The van der Waals surface area contributed by atoms with Crippen molar-refractivity contribution in [3.63, 3.8) is 0 Å². The highest BCUT2D eigenvalue weighted by Crippen LogP contribution is 2.20. The van der Waals surface area contributed by atoms with Crippen LogP contribution in [0.15, 0.2) is 54.6 Å². The van der Waals surface area contributed by atoms with Crippen molar-refractivity contribution in [2.24, 2.45) is 0 Å². The molecule has 0 saturated heterocycles. The Morgan fingerprint density at radius 3 is 2.10 bits per heavy atom. The van der Waals surface area contributed by atoms with Crippen LogP contribution in [0.1, 0.15) is 31.9 Å². The number of nitrogens with one attached hydrogen (secondary N) is 1. The van der Waals surface area contributed by atoms with Gasteiger partial charge >= 0.3 is 0 Å². The molecule has 1 N–H and O–H groups in total. The van der Waals surface area contributed by atoms with Gasteiger partial charge in [0.05, 0.1) is 11.9 Å². The van der Waals surface area contributed by atoms with Gasteiger partial charge in [0.15, 0.2) is 0 Å². The van der Waals surface area contributed by atoms with Crippen molar-refractivity contribution >= 4 is 27.5 Å². The van der Waals surface area contributed by atoms with E-state index < -0.39 is 22.0 Å². The summed E-state index contributed by atoms with van der Waals surface area (Å²) < 4.78 is 26.1. The number of hydrogen-bond acceptors (Lipinski definition) is 4. The number of amides is 2. The minimum atomic E-state index is -3.71. The zero-order valence-corrected chi connectivity index (χ0v) is 19.4. The molecule has 1 atom stereocenters. The number of anilines is 1. The molecule has 0 saturated carbocycles. The molecule has 2 amide bonds. The average Bonchev–Trinajstić information content (AvgIpc) is 2.75. The minimum absolute atomic E-state index is 0.199. The number of carbonyl (C=O) groups is 2. The van der Waals surface area contributed by atoms with Gasteiger partial charge in [-0.3, -0.25) is 13.9 Å². The van der Waals surface area contributed by atoms with E-state index in [9.17, 15) is 18.0 Å². The monoisotopic (exact) mass is 445 g/mol. The molecule has 8 heteroatoms. The van der Waals surface area contributed by atoms with Gasteiger partial charge in [-0.2, -0.15) is 0 Å². The fraction of sp³-hybridized carbons (Fsp3) is 0.391. The third-order valence-corrected chi connectivity index (χ3v) is 6.17. The highest BCUT2D eigenvalue weighted by molar-refractivity contribution is 7.92. The van der Waals surface area contributed by atoms with Gasteiger partial charge in [-0.1, -0.05) is 49.4 Å². The van der Waals surface area contributed by atoms with Crippen LogP contribution in [0.3, 0.4) is 0 Å². The summed E-state index contributed by atoms with van der Waals surface area (Å²) in [6.45, 7) is 5.71. The Hall–Kier alpha value is -2.87. The fourth-order valence-corrected chi connectivity index (χ4v) is 4.05. The smallest absolute Gasteiger partial charge is 0.244 e. The molecule has 31 heavy (non-hydrogen) atoms. The molecule has 0 radical (unpaired) electrons. The third kappa shape index (κ3) is 6.82. The van der Waals surface area contributed by atoms with Gasteiger partial charge in [-0.15, -0.1) is 0 Å². The summed E-state index contributed by atoms with van der Waals surface area (Å²) in [6.07, 6.45) is 1.90. The number of aryl methyl sites for hydroxylation is 1. The molecule has 0 aliphatic heterocycles. The van der Waals surface area contributed by atoms with E-state index in [1.165, 1.54) is 4.90 Å². The lowest BCUT2D eigenvalue weighted by atomic mass is 10.1. The Bertz CT molecular complexity index is 976. The zero-order chi connectivity index (χ0) is 23.0. The van der Waals surface area contributed by atoms with Crippen molar-refractivity contribution in [1.82, 2.24) is 10.2 Å².